The van der Waals surface area contributed by atoms with Crippen molar-refractivity contribution in [2.75, 3.05) is 28.3 Å². The third-order valence-electron chi connectivity index (χ3n) is 3.58. The predicted molar refractivity (Wildman–Crippen MR) is 69.4 cm³/mol. The second kappa shape index (κ2) is 4.41. The average Bonchev–Trinajstić information content (AvgIpc) is 2.48. The minimum atomic E-state index is -3.26. The zero-order chi connectivity index (χ0) is 14.5. The van der Waals surface area contributed by atoms with E-state index in [1.54, 1.807) is 0 Å². The molecular weight excluding hydrogens is 290 g/mol. The summed E-state index contributed by atoms with van der Waals surface area (Å²) in [4.78, 5) is 13.2. The first-order valence-electron chi connectivity index (χ1n) is 6.12. The van der Waals surface area contributed by atoms with Crippen LogP contribution in [0.25, 0.3) is 0 Å². The number of carbonyl (C=O) groups excluding carboxylic acids is 1. The Morgan fingerprint density at radius 3 is 2.80 bits per heavy atom. The lowest BCUT2D eigenvalue weighted by molar-refractivity contribution is -0.116. The third-order valence-corrected chi connectivity index (χ3v) is 5.28. The van der Waals surface area contributed by atoms with Crippen LogP contribution in [0.3, 0.4) is 0 Å². The van der Waals surface area contributed by atoms with E-state index < -0.39 is 33.4 Å². The van der Waals surface area contributed by atoms with Crippen molar-refractivity contribution in [1.29, 1.82) is 0 Å². The number of halogens is 2. The Hall–Kier alpha value is -1.70. The minimum Gasteiger partial charge on any atom is -0.362 e. The normalized spacial score (nSPS) is 24.4. The summed E-state index contributed by atoms with van der Waals surface area (Å²) in [5, 5.41) is 2.49. The van der Waals surface area contributed by atoms with Crippen molar-refractivity contribution in [3.05, 3.63) is 23.8 Å². The van der Waals surface area contributed by atoms with Crippen molar-refractivity contribution < 1.29 is 22.0 Å². The lowest BCUT2D eigenvalue weighted by Gasteiger charge is -2.35. The zero-order valence-corrected chi connectivity index (χ0v) is 11.2. The Balaban J connectivity index is 2.14. The van der Waals surface area contributed by atoms with E-state index in [4.69, 9.17) is 0 Å². The molecule has 1 aromatic rings. The van der Waals surface area contributed by atoms with Gasteiger partial charge in [0.1, 0.15) is 5.69 Å². The fourth-order valence-corrected chi connectivity index (χ4v) is 4.21. The highest BCUT2D eigenvalue weighted by Gasteiger charge is 2.37. The Morgan fingerprint density at radius 2 is 2.05 bits per heavy atom. The summed E-state index contributed by atoms with van der Waals surface area (Å²) in [6.45, 7) is 0.0509. The maximum atomic E-state index is 14.0. The van der Waals surface area contributed by atoms with E-state index >= 15 is 0 Å². The van der Waals surface area contributed by atoms with Gasteiger partial charge in [-0.2, -0.15) is 0 Å². The molecule has 3 rings (SSSR count). The van der Waals surface area contributed by atoms with E-state index in [0.717, 1.165) is 6.07 Å². The van der Waals surface area contributed by atoms with Gasteiger partial charge < -0.3 is 10.2 Å². The molecule has 2 heterocycles. The summed E-state index contributed by atoms with van der Waals surface area (Å²) in [6, 6.07) is 1.57. The van der Waals surface area contributed by atoms with E-state index in [9.17, 15) is 22.0 Å². The first-order chi connectivity index (χ1) is 9.37. The second-order valence-corrected chi connectivity index (χ2v) is 7.20. The van der Waals surface area contributed by atoms with Gasteiger partial charge in [-0.05, 0) is 12.1 Å². The number of hydrogen-bond donors (Lipinski definition) is 1. The molecule has 0 aliphatic carbocycles. The molecule has 1 N–H and O–H groups in total. The van der Waals surface area contributed by atoms with Crippen molar-refractivity contribution >= 4 is 27.1 Å². The van der Waals surface area contributed by atoms with Crippen molar-refractivity contribution in [2.45, 2.75) is 12.5 Å². The fourth-order valence-electron chi connectivity index (χ4n) is 2.69. The van der Waals surface area contributed by atoms with Gasteiger partial charge in [-0.3, -0.25) is 4.79 Å². The smallest absolute Gasteiger partial charge is 0.226 e. The molecule has 0 saturated carbocycles. The molecule has 2 aliphatic rings. The number of amides is 1. The van der Waals surface area contributed by atoms with Crippen LogP contribution in [0.15, 0.2) is 12.1 Å². The van der Waals surface area contributed by atoms with Crippen LogP contribution in [-0.2, 0) is 14.6 Å². The number of nitrogens with one attached hydrogen (secondary N) is 1. The molecular formula is C12H12F2N2O3S. The van der Waals surface area contributed by atoms with Gasteiger partial charge in [0.15, 0.2) is 21.5 Å². The van der Waals surface area contributed by atoms with E-state index in [2.05, 4.69) is 5.32 Å². The van der Waals surface area contributed by atoms with Crippen LogP contribution in [0, 0.1) is 11.6 Å². The third kappa shape index (κ3) is 2.13. The number of rotatable bonds is 0. The number of carbonyl (C=O) groups is 1. The van der Waals surface area contributed by atoms with E-state index in [1.165, 1.54) is 11.0 Å². The lowest BCUT2D eigenvalue weighted by atomic mass is 10.1. The van der Waals surface area contributed by atoms with Gasteiger partial charge in [0, 0.05) is 13.0 Å². The number of anilines is 2. The Labute approximate surface area is 114 Å². The second-order valence-electron chi connectivity index (χ2n) is 4.97. The molecule has 20 heavy (non-hydrogen) atoms. The quantitative estimate of drug-likeness (QED) is 0.773. The van der Waals surface area contributed by atoms with E-state index in [1.807, 2.05) is 0 Å². The lowest BCUT2D eigenvalue weighted by Crippen LogP contribution is -2.49. The van der Waals surface area contributed by atoms with Gasteiger partial charge in [0.25, 0.3) is 0 Å². The number of nitrogens with zero attached hydrogens (tertiary/aromatic N) is 1. The van der Waals surface area contributed by atoms with Crippen LogP contribution in [0.5, 0.6) is 0 Å². The maximum absolute atomic E-state index is 14.0. The van der Waals surface area contributed by atoms with Crippen molar-refractivity contribution in [2.24, 2.45) is 0 Å². The molecule has 0 aromatic heterocycles. The minimum absolute atomic E-state index is 0.0509. The number of hydrogen-bond acceptors (Lipinski definition) is 4. The molecule has 0 bridgehead atoms. The van der Waals surface area contributed by atoms with Crippen LogP contribution in [0.2, 0.25) is 0 Å². The van der Waals surface area contributed by atoms with Crippen LogP contribution < -0.4 is 10.2 Å². The highest BCUT2D eigenvalue weighted by Crippen LogP contribution is 2.36. The zero-order valence-electron chi connectivity index (χ0n) is 10.4. The monoisotopic (exact) mass is 302 g/mol. The molecule has 8 heteroatoms. The van der Waals surface area contributed by atoms with E-state index in [0.29, 0.717) is 0 Å². The van der Waals surface area contributed by atoms with Gasteiger partial charge in [0.05, 0.1) is 23.2 Å². The fraction of sp³-hybridized carbons (Fsp3) is 0.417. The number of fused-ring (bicyclic) bond motifs is 3. The van der Waals surface area contributed by atoms with Gasteiger partial charge in [-0.1, -0.05) is 0 Å². The highest BCUT2D eigenvalue weighted by molar-refractivity contribution is 7.91. The van der Waals surface area contributed by atoms with Crippen LogP contribution in [0.1, 0.15) is 6.42 Å². The summed E-state index contributed by atoms with van der Waals surface area (Å²) in [5.41, 5.74) is 0.117. The molecule has 0 radical (unpaired) electrons. The Kier molecular flexibility index (Phi) is 2.93. The topological polar surface area (TPSA) is 66.5 Å². The van der Waals surface area contributed by atoms with Gasteiger partial charge in [-0.25, -0.2) is 17.2 Å². The van der Waals surface area contributed by atoms with Crippen molar-refractivity contribution in [3.8, 4) is 0 Å². The summed E-state index contributed by atoms with van der Waals surface area (Å²) in [5.74, 6) is -2.84. The standard InChI is InChI=1S/C12H12F2N2O3S/c13-8-1-2-9-12(11(8)14)16-3-4-20(18,19)6-7(16)5-10(17)15-9/h1-2,7H,3-6H2,(H,15,17). The molecule has 1 aromatic carbocycles. The molecule has 108 valence electrons. The summed E-state index contributed by atoms with van der Waals surface area (Å²) in [7, 11) is -3.26. The van der Waals surface area contributed by atoms with Crippen molar-refractivity contribution in [1.82, 2.24) is 0 Å². The van der Waals surface area contributed by atoms with Crippen LogP contribution >= 0.6 is 0 Å². The molecule has 2 aliphatic heterocycles. The van der Waals surface area contributed by atoms with Gasteiger partial charge in [0.2, 0.25) is 5.91 Å². The number of sulfone groups is 1. The van der Waals surface area contributed by atoms with Crippen molar-refractivity contribution in [3.63, 3.8) is 0 Å². The first kappa shape index (κ1) is 13.3. The van der Waals surface area contributed by atoms with Crippen LogP contribution in [0.4, 0.5) is 20.2 Å². The maximum Gasteiger partial charge on any atom is 0.226 e. The molecule has 1 unspecified atom stereocenters. The molecule has 1 fully saturated rings. The number of benzene rings is 1. The van der Waals surface area contributed by atoms with Crippen LogP contribution in [-0.4, -0.2) is 38.4 Å². The summed E-state index contributed by atoms with van der Waals surface area (Å²) in [6.07, 6.45) is -0.0605. The highest BCUT2D eigenvalue weighted by atomic mass is 32.2. The van der Waals surface area contributed by atoms with Gasteiger partial charge in [-0.15, -0.1) is 0 Å². The molecule has 0 spiro atoms. The SMILES string of the molecule is O=C1CC2CS(=O)(=O)CCN2c2c(ccc(F)c2F)N1. The summed E-state index contributed by atoms with van der Waals surface area (Å²) >= 11 is 0. The molecule has 5 nitrogen and oxygen atoms in total. The van der Waals surface area contributed by atoms with Gasteiger partial charge >= 0.3 is 0 Å². The molecule has 1 saturated heterocycles. The molecule has 1 amide bonds. The first-order valence-corrected chi connectivity index (χ1v) is 7.94. The summed E-state index contributed by atoms with van der Waals surface area (Å²) < 4.78 is 50.8. The largest absolute Gasteiger partial charge is 0.362 e. The predicted octanol–water partition coefficient (Wildman–Crippen LogP) is 0.910. The molecule has 1 atom stereocenters. The Morgan fingerprint density at radius 1 is 1.30 bits per heavy atom. The Bertz CT molecular complexity index is 690. The van der Waals surface area contributed by atoms with E-state index in [-0.39, 0.29) is 35.8 Å². The average molecular weight is 302 g/mol.